The van der Waals surface area contributed by atoms with Crippen molar-refractivity contribution >= 4 is 5.91 Å². The van der Waals surface area contributed by atoms with Crippen LogP contribution < -0.4 is 5.32 Å². The maximum absolute atomic E-state index is 12.9. The molecule has 1 heterocycles. The molecule has 3 aromatic rings. The lowest BCUT2D eigenvalue weighted by atomic mass is 9.54. The number of amides is 1. The molecule has 4 heteroatoms. The third kappa shape index (κ3) is 3.69. The maximum atomic E-state index is 12.9. The molecule has 0 radical (unpaired) electrons. The zero-order chi connectivity index (χ0) is 21.4. The summed E-state index contributed by atoms with van der Waals surface area (Å²) < 4.78 is 0. The lowest BCUT2D eigenvalue weighted by Gasteiger charge is -2.50. The van der Waals surface area contributed by atoms with Gasteiger partial charge in [0, 0.05) is 23.9 Å². The van der Waals surface area contributed by atoms with Gasteiger partial charge in [0.05, 0.1) is 6.20 Å². The number of nitrogens with one attached hydrogen (secondary N) is 2. The molecule has 2 bridgehead atoms. The molecule has 0 aliphatic heterocycles. The molecule has 2 aliphatic carbocycles. The Labute approximate surface area is 184 Å². The lowest BCUT2D eigenvalue weighted by molar-refractivity contribution is 0.0952. The fraction of sp³-hybridized carbons (Fsp3) is 0.407. The van der Waals surface area contributed by atoms with Gasteiger partial charge in [-0.15, -0.1) is 0 Å². The van der Waals surface area contributed by atoms with Crippen molar-refractivity contribution < 1.29 is 4.79 Å². The molecule has 1 fully saturated rings. The van der Waals surface area contributed by atoms with Crippen molar-refractivity contribution in [3.8, 4) is 11.1 Å². The Balaban J connectivity index is 1.23. The molecular weight excluding hydrogens is 382 g/mol. The van der Waals surface area contributed by atoms with Gasteiger partial charge in [-0.3, -0.25) is 9.89 Å². The largest absolute Gasteiger partial charge is 0.352 e. The van der Waals surface area contributed by atoms with Gasteiger partial charge in [0.1, 0.15) is 0 Å². The van der Waals surface area contributed by atoms with E-state index in [1.165, 1.54) is 42.4 Å². The SMILES string of the molecule is C[C@H]1[C@@H]2CCC[C@]1(C)c1cc(C(=O)NCCc3ccc(-c4cn[nH]c4)cc3)ccc1C2. The summed E-state index contributed by atoms with van der Waals surface area (Å²) in [6.45, 7) is 5.46. The van der Waals surface area contributed by atoms with E-state index in [-0.39, 0.29) is 11.3 Å². The minimum atomic E-state index is 0.0343. The van der Waals surface area contributed by atoms with Gasteiger partial charge in [0.2, 0.25) is 0 Å². The van der Waals surface area contributed by atoms with Gasteiger partial charge in [0.25, 0.3) is 5.91 Å². The fourth-order valence-corrected chi connectivity index (χ4v) is 5.79. The Morgan fingerprint density at radius 2 is 2.03 bits per heavy atom. The Bertz CT molecular complexity index is 1070. The van der Waals surface area contributed by atoms with E-state index >= 15 is 0 Å². The first kappa shape index (κ1) is 20.0. The minimum absolute atomic E-state index is 0.0343. The minimum Gasteiger partial charge on any atom is -0.352 e. The standard InChI is InChI=1S/C27H31N3O/c1-18-21-4-3-12-27(18,2)25-15-23(10-9-22(25)14-21)26(31)28-13-11-19-5-7-20(8-6-19)24-16-29-30-17-24/h5-10,15-18,21H,3-4,11-14H2,1-2H3,(H,28,31)(H,29,30)/t18-,21+,27-/m0/s1. The molecule has 160 valence electrons. The first-order chi connectivity index (χ1) is 15.0. The molecule has 5 rings (SSSR count). The summed E-state index contributed by atoms with van der Waals surface area (Å²) in [5, 5.41) is 9.96. The number of nitrogens with zero attached hydrogens (tertiary/aromatic N) is 1. The predicted molar refractivity (Wildman–Crippen MR) is 124 cm³/mol. The Morgan fingerprint density at radius 3 is 2.81 bits per heavy atom. The van der Waals surface area contributed by atoms with Crippen LogP contribution in [-0.4, -0.2) is 22.6 Å². The van der Waals surface area contributed by atoms with Gasteiger partial charge < -0.3 is 5.32 Å². The van der Waals surface area contributed by atoms with E-state index in [4.69, 9.17) is 0 Å². The van der Waals surface area contributed by atoms with Gasteiger partial charge >= 0.3 is 0 Å². The highest BCUT2D eigenvalue weighted by molar-refractivity contribution is 5.94. The zero-order valence-electron chi connectivity index (χ0n) is 18.4. The molecule has 4 nitrogen and oxygen atoms in total. The van der Waals surface area contributed by atoms with Crippen LogP contribution in [0.1, 0.15) is 60.2 Å². The van der Waals surface area contributed by atoms with E-state index in [0.717, 1.165) is 29.0 Å². The second-order valence-electron chi connectivity index (χ2n) is 9.62. The summed E-state index contributed by atoms with van der Waals surface area (Å²) in [7, 11) is 0. The van der Waals surface area contributed by atoms with Gasteiger partial charge in [-0.05, 0) is 77.3 Å². The Hall–Kier alpha value is -2.88. The Morgan fingerprint density at radius 1 is 1.19 bits per heavy atom. The number of carbonyl (C=O) groups is 1. The molecule has 3 atom stereocenters. The van der Waals surface area contributed by atoms with Gasteiger partial charge in [0.15, 0.2) is 0 Å². The van der Waals surface area contributed by atoms with Gasteiger partial charge in [-0.2, -0.15) is 5.10 Å². The first-order valence-electron chi connectivity index (χ1n) is 11.5. The van der Waals surface area contributed by atoms with Crippen molar-refractivity contribution in [1.82, 2.24) is 15.5 Å². The highest BCUT2D eigenvalue weighted by Crippen LogP contribution is 2.52. The number of rotatable bonds is 5. The van der Waals surface area contributed by atoms with Crippen LogP contribution in [0.4, 0.5) is 0 Å². The molecule has 0 unspecified atom stereocenters. The van der Waals surface area contributed by atoms with Crippen molar-refractivity contribution in [3.63, 3.8) is 0 Å². The second kappa shape index (κ2) is 7.99. The van der Waals surface area contributed by atoms with Crippen LogP contribution in [0.15, 0.2) is 54.9 Å². The average Bonchev–Trinajstić information content (AvgIpc) is 3.31. The normalized spacial score (nSPS) is 24.5. The monoisotopic (exact) mass is 413 g/mol. The van der Waals surface area contributed by atoms with E-state index in [0.29, 0.717) is 12.5 Å². The summed E-state index contributed by atoms with van der Waals surface area (Å²) in [6.07, 6.45) is 9.59. The Kier molecular flexibility index (Phi) is 5.17. The van der Waals surface area contributed by atoms with Crippen LogP contribution in [-0.2, 0) is 18.3 Å². The van der Waals surface area contributed by atoms with Crippen LogP contribution in [0, 0.1) is 11.8 Å². The quantitative estimate of drug-likeness (QED) is 0.596. The highest BCUT2D eigenvalue weighted by atomic mass is 16.1. The molecule has 1 amide bonds. The topological polar surface area (TPSA) is 57.8 Å². The smallest absolute Gasteiger partial charge is 0.251 e. The number of aromatic nitrogens is 2. The van der Waals surface area contributed by atoms with E-state index in [1.807, 2.05) is 18.5 Å². The summed E-state index contributed by atoms with van der Waals surface area (Å²) >= 11 is 0. The van der Waals surface area contributed by atoms with Crippen LogP contribution in [0.2, 0.25) is 0 Å². The van der Waals surface area contributed by atoms with Crippen molar-refractivity contribution in [2.75, 3.05) is 6.54 Å². The van der Waals surface area contributed by atoms with Gasteiger partial charge in [-0.25, -0.2) is 0 Å². The second-order valence-corrected chi connectivity index (χ2v) is 9.62. The molecule has 31 heavy (non-hydrogen) atoms. The number of fused-ring (bicyclic) bond motifs is 4. The molecule has 0 saturated heterocycles. The fourth-order valence-electron chi connectivity index (χ4n) is 5.79. The summed E-state index contributed by atoms with van der Waals surface area (Å²) in [5.41, 5.74) is 7.32. The molecule has 2 aromatic carbocycles. The number of carbonyl (C=O) groups excluding carboxylic acids is 1. The third-order valence-corrected chi connectivity index (χ3v) is 7.94. The van der Waals surface area contributed by atoms with Gasteiger partial charge in [-0.1, -0.05) is 50.6 Å². The first-order valence-corrected chi connectivity index (χ1v) is 11.5. The van der Waals surface area contributed by atoms with E-state index < -0.39 is 0 Å². The number of benzene rings is 2. The molecule has 0 spiro atoms. The number of aromatic amines is 1. The van der Waals surface area contributed by atoms with E-state index in [1.54, 1.807) is 0 Å². The highest BCUT2D eigenvalue weighted by Gasteiger charge is 2.45. The average molecular weight is 414 g/mol. The summed E-state index contributed by atoms with van der Waals surface area (Å²) in [6, 6.07) is 14.9. The predicted octanol–water partition coefficient (Wildman–Crippen LogP) is 5.30. The lowest BCUT2D eigenvalue weighted by Crippen LogP contribution is -2.44. The number of hydrogen-bond acceptors (Lipinski definition) is 2. The number of hydrogen-bond donors (Lipinski definition) is 2. The van der Waals surface area contributed by atoms with Crippen LogP contribution in [0.25, 0.3) is 11.1 Å². The summed E-state index contributed by atoms with van der Waals surface area (Å²) in [4.78, 5) is 12.9. The van der Waals surface area contributed by atoms with Crippen molar-refractivity contribution in [2.24, 2.45) is 11.8 Å². The molecular formula is C27H31N3O. The summed E-state index contributed by atoms with van der Waals surface area (Å²) in [5.74, 6) is 1.52. The van der Waals surface area contributed by atoms with Crippen molar-refractivity contribution in [2.45, 2.75) is 51.4 Å². The van der Waals surface area contributed by atoms with Crippen LogP contribution in [0.3, 0.4) is 0 Å². The molecule has 2 aliphatic rings. The zero-order valence-corrected chi connectivity index (χ0v) is 18.4. The molecule has 1 saturated carbocycles. The van der Waals surface area contributed by atoms with Crippen molar-refractivity contribution in [1.29, 1.82) is 0 Å². The van der Waals surface area contributed by atoms with E-state index in [9.17, 15) is 4.79 Å². The third-order valence-electron chi connectivity index (χ3n) is 7.94. The van der Waals surface area contributed by atoms with E-state index in [2.05, 4.69) is 65.8 Å². The number of H-pyrrole nitrogens is 1. The van der Waals surface area contributed by atoms with Crippen LogP contribution in [0.5, 0.6) is 0 Å². The molecule has 2 N–H and O–H groups in total. The van der Waals surface area contributed by atoms with Crippen molar-refractivity contribution in [3.05, 3.63) is 77.1 Å². The molecule has 1 aromatic heterocycles. The maximum Gasteiger partial charge on any atom is 0.251 e. The van der Waals surface area contributed by atoms with Crippen LogP contribution >= 0.6 is 0 Å².